The van der Waals surface area contributed by atoms with E-state index in [-0.39, 0.29) is 0 Å². The molecular formula is C17H36N2S. The van der Waals surface area contributed by atoms with E-state index in [4.69, 9.17) is 5.41 Å². The summed E-state index contributed by atoms with van der Waals surface area (Å²) in [5.74, 6) is 0. The highest BCUT2D eigenvalue weighted by atomic mass is 32.1. The second kappa shape index (κ2) is 23.8. The Labute approximate surface area is 132 Å². The summed E-state index contributed by atoms with van der Waals surface area (Å²) < 4.78 is 0. The highest BCUT2D eigenvalue weighted by Gasteiger charge is 1.93. The van der Waals surface area contributed by atoms with E-state index in [1.807, 2.05) is 0 Å². The van der Waals surface area contributed by atoms with Crippen LogP contribution in [0.15, 0.2) is 0 Å². The van der Waals surface area contributed by atoms with Crippen LogP contribution in [-0.2, 0) is 0 Å². The van der Waals surface area contributed by atoms with E-state index in [2.05, 4.69) is 31.4 Å². The molecule has 0 saturated heterocycles. The minimum Gasteiger partial charge on any atom is -0.753 e. The normalized spacial score (nSPS) is 9.70. The number of nitrogens with zero attached hydrogens (tertiary/aromatic N) is 1. The van der Waals surface area contributed by atoms with Gasteiger partial charge < -0.3 is 10.7 Å². The lowest BCUT2D eigenvalue weighted by molar-refractivity contribution is -0.655. The van der Waals surface area contributed by atoms with Crippen molar-refractivity contribution in [1.29, 1.82) is 0 Å². The van der Waals surface area contributed by atoms with E-state index in [0.717, 1.165) is 0 Å². The number of nitrogens with two attached hydrogens (primary N) is 1. The van der Waals surface area contributed by atoms with Crippen molar-refractivity contribution >= 4 is 17.4 Å². The maximum Gasteiger partial charge on any atom is 0.0755 e. The predicted octanol–water partition coefficient (Wildman–Crippen LogP) is 4.93. The van der Waals surface area contributed by atoms with Crippen LogP contribution >= 0.6 is 12.2 Å². The van der Waals surface area contributed by atoms with Gasteiger partial charge in [0.2, 0.25) is 0 Å². The van der Waals surface area contributed by atoms with Crippen molar-refractivity contribution in [3.05, 3.63) is 5.41 Å². The maximum absolute atomic E-state index is 7.13. The Bertz CT molecular complexity index is 175. The Morgan fingerprint density at radius 3 is 1.50 bits per heavy atom. The lowest BCUT2D eigenvalue weighted by atomic mass is 10.1. The lowest BCUT2D eigenvalue weighted by Crippen LogP contribution is -2.84. The smallest absolute Gasteiger partial charge is 0.0755 e. The van der Waals surface area contributed by atoms with E-state index >= 15 is 0 Å². The van der Waals surface area contributed by atoms with E-state index in [9.17, 15) is 0 Å². The van der Waals surface area contributed by atoms with Gasteiger partial charge in [-0.05, 0) is 19.3 Å². The zero-order valence-corrected chi connectivity index (χ0v) is 14.6. The van der Waals surface area contributed by atoms with Crippen molar-refractivity contribution in [3.8, 4) is 0 Å². The summed E-state index contributed by atoms with van der Waals surface area (Å²) in [5, 5.41) is 10.9. The first kappa shape index (κ1) is 22.0. The number of unbranched alkanes of at least 4 members (excludes halogenated alkanes) is 10. The van der Waals surface area contributed by atoms with Crippen LogP contribution in [0.3, 0.4) is 0 Å². The summed E-state index contributed by atoms with van der Waals surface area (Å²) in [6.45, 7) is 7.22. The maximum atomic E-state index is 7.13. The molecule has 0 aliphatic heterocycles. The third kappa shape index (κ3) is 26.3. The largest absolute Gasteiger partial charge is 0.753 e. The summed E-state index contributed by atoms with van der Waals surface area (Å²) in [5.41, 5.74) is 0. The highest BCUT2D eigenvalue weighted by molar-refractivity contribution is 7.78. The van der Waals surface area contributed by atoms with Crippen molar-refractivity contribution < 1.29 is 5.32 Å². The van der Waals surface area contributed by atoms with Gasteiger partial charge in [-0.1, -0.05) is 83.9 Å². The third-order valence-electron chi connectivity index (χ3n) is 3.50. The van der Waals surface area contributed by atoms with Crippen molar-refractivity contribution in [2.24, 2.45) is 0 Å². The van der Waals surface area contributed by atoms with Crippen LogP contribution in [0.5, 0.6) is 0 Å². The molecule has 2 N–H and O–H groups in total. The number of isothiocyanates is 1. The monoisotopic (exact) mass is 300 g/mol. The fraction of sp³-hybridized carbons (Fsp3) is 0.941. The highest BCUT2D eigenvalue weighted by Crippen LogP contribution is 2.10. The van der Waals surface area contributed by atoms with Crippen LogP contribution in [0.2, 0.25) is 0 Å². The zero-order chi connectivity index (χ0) is 15.3. The van der Waals surface area contributed by atoms with Crippen LogP contribution < -0.4 is 5.32 Å². The Balaban J connectivity index is 0. The topological polar surface area (TPSA) is 38.9 Å². The van der Waals surface area contributed by atoms with Crippen molar-refractivity contribution in [2.75, 3.05) is 13.1 Å². The lowest BCUT2D eigenvalue weighted by Gasteiger charge is -2.02. The molecule has 0 rings (SSSR count). The van der Waals surface area contributed by atoms with Gasteiger partial charge in [0.15, 0.2) is 0 Å². The van der Waals surface area contributed by atoms with Crippen molar-refractivity contribution in [2.45, 2.75) is 90.9 Å². The molecule has 0 atom stereocenters. The molecule has 0 spiro atoms. The van der Waals surface area contributed by atoms with Gasteiger partial charge in [-0.3, -0.25) is 0 Å². The van der Waals surface area contributed by atoms with Crippen molar-refractivity contribution in [3.63, 3.8) is 0 Å². The molecule has 3 heteroatoms. The molecule has 0 aliphatic carbocycles. The first-order valence-corrected chi connectivity index (χ1v) is 9.07. The molecular weight excluding hydrogens is 264 g/mol. The molecule has 0 heterocycles. The van der Waals surface area contributed by atoms with Crippen LogP contribution in [-0.4, -0.2) is 18.3 Å². The van der Waals surface area contributed by atoms with Gasteiger partial charge in [-0.25, -0.2) is 0 Å². The summed E-state index contributed by atoms with van der Waals surface area (Å²) in [6, 6.07) is 0. The zero-order valence-electron chi connectivity index (χ0n) is 13.8. The molecule has 20 heavy (non-hydrogen) atoms. The SMILES string of the molecule is CCCCCCCCCCCCC[NH2+]CCC.[N-]=C=S. The Morgan fingerprint density at radius 2 is 1.10 bits per heavy atom. The van der Waals surface area contributed by atoms with Crippen LogP contribution in [0.25, 0.3) is 5.41 Å². The average molecular weight is 301 g/mol. The van der Waals surface area contributed by atoms with Gasteiger partial charge in [-0.15, -0.1) is 0 Å². The van der Waals surface area contributed by atoms with Gasteiger partial charge in [0.25, 0.3) is 0 Å². The molecule has 0 aromatic rings. The molecule has 2 nitrogen and oxygen atoms in total. The van der Waals surface area contributed by atoms with Gasteiger partial charge >= 0.3 is 0 Å². The Kier molecular flexibility index (Phi) is 26.3. The molecule has 0 aromatic heterocycles. The van der Waals surface area contributed by atoms with Gasteiger partial charge in [0, 0.05) is 0 Å². The predicted molar refractivity (Wildman–Crippen MR) is 94.4 cm³/mol. The fourth-order valence-electron chi connectivity index (χ4n) is 2.30. The standard InChI is InChI=1S/C16H35N.CNS/c1-3-5-6-7-8-9-10-11-12-13-14-16-17-15-4-2;2-1-3/h17H,3-16H2,1-2H3;/q;-1/p+1. The minimum absolute atomic E-state index is 1.32. The third-order valence-corrected chi connectivity index (χ3v) is 3.50. The summed E-state index contributed by atoms with van der Waals surface area (Å²) >= 11 is 3.70. The first-order valence-electron chi connectivity index (χ1n) is 8.66. The summed E-state index contributed by atoms with van der Waals surface area (Å²) in [7, 11) is 0. The summed E-state index contributed by atoms with van der Waals surface area (Å²) in [4.78, 5) is 0. The van der Waals surface area contributed by atoms with Crippen molar-refractivity contribution in [1.82, 2.24) is 0 Å². The van der Waals surface area contributed by atoms with Gasteiger partial charge in [-0.2, -0.15) is 5.16 Å². The number of rotatable bonds is 14. The average Bonchev–Trinajstić information content (AvgIpc) is 2.45. The van der Waals surface area contributed by atoms with Crippen LogP contribution in [0, 0.1) is 0 Å². The number of quaternary nitrogens is 1. The molecule has 0 bridgehead atoms. The molecule has 0 aliphatic rings. The molecule has 0 aromatic carbocycles. The Morgan fingerprint density at radius 1 is 0.700 bits per heavy atom. The molecule has 0 fully saturated rings. The fourth-order valence-corrected chi connectivity index (χ4v) is 2.30. The minimum atomic E-state index is 1.32. The second-order valence-electron chi connectivity index (χ2n) is 5.49. The molecule has 0 amide bonds. The van der Waals surface area contributed by atoms with E-state index in [1.54, 1.807) is 0 Å². The molecule has 0 saturated carbocycles. The first-order chi connectivity index (χ1) is 9.83. The molecule has 0 unspecified atom stereocenters. The van der Waals surface area contributed by atoms with E-state index in [0.29, 0.717) is 0 Å². The van der Waals surface area contributed by atoms with E-state index in [1.165, 1.54) is 95.3 Å². The number of hydrogen-bond donors (Lipinski definition) is 1. The molecule has 120 valence electrons. The van der Waals surface area contributed by atoms with E-state index < -0.39 is 0 Å². The number of hydrogen-bond acceptors (Lipinski definition) is 1. The van der Waals surface area contributed by atoms with Crippen LogP contribution in [0.1, 0.15) is 90.9 Å². The quantitative estimate of drug-likeness (QED) is 0.276. The summed E-state index contributed by atoms with van der Waals surface area (Å²) in [6.07, 6.45) is 17.3. The number of thiocarbonyl (C=S) groups is 1. The molecule has 0 radical (unpaired) electrons. The van der Waals surface area contributed by atoms with Gasteiger partial charge in [0.1, 0.15) is 0 Å². The van der Waals surface area contributed by atoms with Crippen LogP contribution in [0.4, 0.5) is 0 Å². The van der Waals surface area contributed by atoms with Gasteiger partial charge in [0.05, 0.1) is 13.1 Å². The second-order valence-corrected chi connectivity index (χ2v) is 5.68. The Hall–Kier alpha value is -0.240.